The molecule has 1 atom stereocenters. The predicted octanol–water partition coefficient (Wildman–Crippen LogP) is 16.8. The van der Waals surface area contributed by atoms with Gasteiger partial charge in [0.15, 0.2) is 6.10 Å². The van der Waals surface area contributed by atoms with Crippen molar-refractivity contribution < 1.29 is 28.6 Å². The van der Waals surface area contributed by atoms with Gasteiger partial charge in [-0.2, -0.15) is 0 Å². The standard InChI is InChI=1S/C53H98O6/c1-4-7-10-13-16-19-22-24-26-28-29-31-34-37-40-43-46-52(55)58-49-50(48-57-51(54)45-42-39-36-33-21-18-15-12-9-6-3)59-53(56)47-44-41-38-35-32-30-27-25-23-20-17-14-11-8-5-2/h15,18,26,28,50H,4-14,16-17,19-25,27,29-49H2,1-3H3/b18-15-,28-26-. The summed E-state index contributed by atoms with van der Waals surface area (Å²) in [7, 11) is 0. The summed E-state index contributed by atoms with van der Waals surface area (Å²) in [6.45, 7) is 6.60. The van der Waals surface area contributed by atoms with Crippen molar-refractivity contribution in [2.24, 2.45) is 0 Å². The number of carbonyl (C=O) groups is 3. The van der Waals surface area contributed by atoms with Gasteiger partial charge in [0.2, 0.25) is 0 Å². The van der Waals surface area contributed by atoms with Gasteiger partial charge in [0.25, 0.3) is 0 Å². The predicted molar refractivity (Wildman–Crippen MR) is 252 cm³/mol. The van der Waals surface area contributed by atoms with E-state index >= 15 is 0 Å². The minimum atomic E-state index is -0.773. The summed E-state index contributed by atoms with van der Waals surface area (Å²) in [6, 6.07) is 0. The van der Waals surface area contributed by atoms with Crippen LogP contribution in [0.4, 0.5) is 0 Å². The van der Waals surface area contributed by atoms with Crippen LogP contribution in [0.1, 0.15) is 278 Å². The zero-order valence-electron chi connectivity index (χ0n) is 39.5. The smallest absolute Gasteiger partial charge is 0.306 e. The quantitative estimate of drug-likeness (QED) is 0.0263. The van der Waals surface area contributed by atoms with Crippen LogP contribution >= 0.6 is 0 Å². The summed E-state index contributed by atoms with van der Waals surface area (Å²) in [6.07, 6.45) is 54.5. The molecule has 0 aromatic rings. The highest BCUT2D eigenvalue weighted by Gasteiger charge is 2.19. The molecule has 0 radical (unpaired) electrons. The summed E-state index contributed by atoms with van der Waals surface area (Å²) in [5.41, 5.74) is 0. The van der Waals surface area contributed by atoms with Crippen LogP contribution in [0, 0.1) is 0 Å². The second kappa shape index (κ2) is 48.6. The van der Waals surface area contributed by atoms with Gasteiger partial charge in [-0.05, 0) is 64.2 Å². The zero-order chi connectivity index (χ0) is 43.0. The summed E-state index contributed by atoms with van der Waals surface area (Å²) >= 11 is 0. The number of hydrogen-bond donors (Lipinski definition) is 0. The van der Waals surface area contributed by atoms with E-state index in [-0.39, 0.29) is 31.1 Å². The van der Waals surface area contributed by atoms with Gasteiger partial charge in [0.05, 0.1) is 0 Å². The molecule has 0 aromatic heterocycles. The Kier molecular flexibility index (Phi) is 46.8. The van der Waals surface area contributed by atoms with E-state index < -0.39 is 6.10 Å². The summed E-state index contributed by atoms with van der Waals surface area (Å²) in [4.78, 5) is 37.9. The lowest BCUT2D eigenvalue weighted by Gasteiger charge is -2.18. The van der Waals surface area contributed by atoms with Gasteiger partial charge in [-0.15, -0.1) is 0 Å². The van der Waals surface area contributed by atoms with Crippen molar-refractivity contribution in [3.8, 4) is 0 Å². The maximum atomic E-state index is 12.8. The highest BCUT2D eigenvalue weighted by atomic mass is 16.6. The van der Waals surface area contributed by atoms with Crippen LogP contribution in [0.15, 0.2) is 24.3 Å². The maximum absolute atomic E-state index is 12.8. The molecule has 6 nitrogen and oxygen atoms in total. The number of allylic oxidation sites excluding steroid dienone is 4. The molecule has 0 aromatic carbocycles. The second-order valence-corrected chi connectivity index (χ2v) is 17.4. The van der Waals surface area contributed by atoms with Gasteiger partial charge < -0.3 is 14.2 Å². The third-order valence-electron chi connectivity index (χ3n) is 11.4. The molecular formula is C53H98O6. The van der Waals surface area contributed by atoms with Crippen molar-refractivity contribution in [3.63, 3.8) is 0 Å². The van der Waals surface area contributed by atoms with Crippen molar-refractivity contribution in [2.75, 3.05) is 13.2 Å². The van der Waals surface area contributed by atoms with E-state index in [0.717, 1.165) is 83.5 Å². The van der Waals surface area contributed by atoms with Gasteiger partial charge in [0, 0.05) is 19.3 Å². The molecule has 0 rings (SSSR count). The molecule has 1 unspecified atom stereocenters. The van der Waals surface area contributed by atoms with E-state index in [4.69, 9.17) is 14.2 Å². The fourth-order valence-electron chi connectivity index (χ4n) is 7.48. The Hall–Kier alpha value is -2.11. The van der Waals surface area contributed by atoms with E-state index in [1.54, 1.807) is 0 Å². The van der Waals surface area contributed by atoms with Crippen LogP contribution in [0.2, 0.25) is 0 Å². The first-order chi connectivity index (χ1) is 29.0. The van der Waals surface area contributed by atoms with E-state index in [0.29, 0.717) is 19.3 Å². The molecule has 6 heteroatoms. The minimum Gasteiger partial charge on any atom is -0.462 e. The maximum Gasteiger partial charge on any atom is 0.306 e. The van der Waals surface area contributed by atoms with Gasteiger partial charge >= 0.3 is 17.9 Å². The molecule has 0 aliphatic rings. The lowest BCUT2D eigenvalue weighted by atomic mass is 10.0. The topological polar surface area (TPSA) is 78.9 Å². The average Bonchev–Trinajstić information content (AvgIpc) is 3.23. The lowest BCUT2D eigenvalue weighted by Crippen LogP contribution is -2.30. The largest absolute Gasteiger partial charge is 0.462 e. The van der Waals surface area contributed by atoms with Gasteiger partial charge in [-0.25, -0.2) is 0 Å². The fraction of sp³-hybridized carbons (Fsp3) is 0.868. The summed E-state index contributed by atoms with van der Waals surface area (Å²) in [5.74, 6) is -0.885. The zero-order valence-corrected chi connectivity index (χ0v) is 39.5. The molecule has 0 heterocycles. The molecule has 0 spiro atoms. The number of esters is 3. The summed E-state index contributed by atoms with van der Waals surface area (Å²) < 4.78 is 16.8. The molecule has 0 saturated heterocycles. The molecule has 0 saturated carbocycles. The van der Waals surface area contributed by atoms with Crippen molar-refractivity contribution in [1.82, 2.24) is 0 Å². The van der Waals surface area contributed by atoms with Crippen LogP contribution in [-0.2, 0) is 28.6 Å². The molecule has 0 amide bonds. The number of unbranched alkanes of at least 4 members (excludes halogenated alkanes) is 32. The molecule has 0 aliphatic carbocycles. The molecular weight excluding hydrogens is 733 g/mol. The first-order valence-electron chi connectivity index (χ1n) is 25.8. The monoisotopic (exact) mass is 831 g/mol. The lowest BCUT2D eigenvalue weighted by molar-refractivity contribution is -0.167. The third-order valence-corrected chi connectivity index (χ3v) is 11.4. The highest BCUT2D eigenvalue weighted by Crippen LogP contribution is 2.16. The van der Waals surface area contributed by atoms with Crippen molar-refractivity contribution in [2.45, 2.75) is 284 Å². The molecule has 0 fully saturated rings. The Labute approximate surface area is 366 Å². The first-order valence-corrected chi connectivity index (χ1v) is 25.8. The van der Waals surface area contributed by atoms with Gasteiger partial charge in [-0.1, -0.05) is 218 Å². The number of carbonyl (C=O) groups excluding carboxylic acids is 3. The Bertz CT molecular complexity index is 958. The minimum absolute atomic E-state index is 0.0757. The van der Waals surface area contributed by atoms with Gasteiger partial charge in [-0.3, -0.25) is 14.4 Å². The number of ether oxygens (including phenoxy) is 3. The van der Waals surface area contributed by atoms with Crippen LogP contribution in [0.5, 0.6) is 0 Å². The van der Waals surface area contributed by atoms with Crippen molar-refractivity contribution >= 4 is 17.9 Å². The normalized spacial score (nSPS) is 12.1. The molecule has 0 bridgehead atoms. The second-order valence-electron chi connectivity index (χ2n) is 17.4. The Morgan fingerprint density at radius 3 is 0.898 bits per heavy atom. The molecule has 0 aliphatic heterocycles. The van der Waals surface area contributed by atoms with Crippen molar-refractivity contribution in [3.05, 3.63) is 24.3 Å². The number of rotatable bonds is 47. The fourth-order valence-corrected chi connectivity index (χ4v) is 7.48. The first kappa shape index (κ1) is 56.9. The van der Waals surface area contributed by atoms with E-state index in [9.17, 15) is 14.4 Å². The molecule has 346 valence electrons. The Balaban J connectivity index is 4.33. The van der Waals surface area contributed by atoms with E-state index in [1.165, 1.54) is 154 Å². The highest BCUT2D eigenvalue weighted by molar-refractivity contribution is 5.71. The van der Waals surface area contributed by atoms with E-state index in [2.05, 4.69) is 45.1 Å². The Morgan fingerprint density at radius 2 is 0.576 bits per heavy atom. The SMILES string of the molecule is CCCC/C=C\CCCCCCC(=O)OCC(COC(=O)CCCCCCC/C=C\CCCCCCCCC)OC(=O)CCCCCCCCCCCCCCCCC. The van der Waals surface area contributed by atoms with Crippen LogP contribution < -0.4 is 0 Å². The number of hydrogen-bond acceptors (Lipinski definition) is 6. The van der Waals surface area contributed by atoms with Crippen LogP contribution in [0.3, 0.4) is 0 Å². The average molecular weight is 831 g/mol. The summed E-state index contributed by atoms with van der Waals surface area (Å²) in [5, 5.41) is 0. The molecule has 59 heavy (non-hydrogen) atoms. The van der Waals surface area contributed by atoms with Gasteiger partial charge in [0.1, 0.15) is 13.2 Å². The third kappa shape index (κ3) is 46.8. The molecule has 0 N–H and O–H groups in total. The van der Waals surface area contributed by atoms with E-state index in [1.807, 2.05) is 0 Å². The Morgan fingerprint density at radius 1 is 0.322 bits per heavy atom. The van der Waals surface area contributed by atoms with Crippen LogP contribution in [0.25, 0.3) is 0 Å². The van der Waals surface area contributed by atoms with Crippen molar-refractivity contribution in [1.29, 1.82) is 0 Å². The van der Waals surface area contributed by atoms with Crippen LogP contribution in [-0.4, -0.2) is 37.2 Å².